The van der Waals surface area contributed by atoms with E-state index in [0.717, 1.165) is 18.4 Å². The molecule has 0 aromatic heterocycles. The van der Waals surface area contributed by atoms with Crippen molar-refractivity contribution in [1.82, 2.24) is 5.32 Å². The van der Waals surface area contributed by atoms with Crippen molar-refractivity contribution in [2.45, 2.75) is 26.7 Å². The van der Waals surface area contributed by atoms with Gasteiger partial charge in [0.25, 0.3) is 0 Å². The molecular weight excluding hydrogens is 270 g/mol. The highest BCUT2D eigenvalue weighted by Crippen LogP contribution is 2.51. The molecule has 1 aliphatic carbocycles. The van der Waals surface area contributed by atoms with Crippen molar-refractivity contribution in [3.8, 4) is 5.75 Å². The Labute approximate surface area is 124 Å². The molecule has 1 aliphatic rings. The van der Waals surface area contributed by atoms with Crippen LogP contribution < -0.4 is 10.1 Å². The van der Waals surface area contributed by atoms with E-state index in [1.807, 2.05) is 12.1 Å². The van der Waals surface area contributed by atoms with Crippen molar-refractivity contribution in [1.29, 1.82) is 0 Å². The Kier molecular flexibility index (Phi) is 4.50. The molecular formula is C16H21NO4. The smallest absolute Gasteiger partial charge is 0.341 e. The molecule has 2 rings (SSSR count). The van der Waals surface area contributed by atoms with Gasteiger partial charge in [-0.25, -0.2) is 4.79 Å². The van der Waals surface area contributed by atoms with E-state index in [1.54, 1.807) is 12.1 Å². The molecule has 1 aromatic rings. The summed E-state index contributed by atoms with van der Waals surface area (Å²) in [4.78, 5) is 22.2. The first-order valence-corrected chi connectivity index (χ1v) is 7.10. The maximum atomic E-state index is 11.8. The molecule has 2 N–H and O–H groups in total. The number of benzene rings is 1. The standard InChI is InChI=1S/C16H21NO4/c1-16(2)9-13(16)15(20)17-8-7-11-3-5-12(6-4-11)21-10-14(18)19/h3-6,13H,7-10H2,1-2H3,(H,17,20)(H,18,19). The summed E-state index contributed by atoms with van der Waals surface area (Å²) in [6.45, 7) is 4.48. The van der Waals surface area contributed by atoms with Crippen LogP contribution in [-0.4, -0.2) is 30.1 Å². The van der Waals surface area contributed by atoms with Crippen LogP contribution in [0.1, 0.15) is 25.8 Å². The Balaban J connectivity index is 1.71. The van der Waals surface area contributed by atoms with Crippen LogP contribution in [-0.2, 0) is 16.0 Å². The van der Waals surface area contributed by atoms with Crippen LogP contribution in [0.3, 0.4) is 0 Å². The molecule has 0 heterocycles. The molecule has 5 heteroatoms. The first kappa shape index (κ1) is 15.4. The number of rotatable bonds is 7. The van der Waals surface area contributed by atoms with Gasteiger partial charge < -0.3 is 15.2 Å². The van der Waals surface area contributed by atoms with Gasteiger partial charge in [0, 0.05) is 12.5 Å². The SMILES string of the molecule is CC1(C)CC1C(=O)NCCc1ccc(OCC(=O)O)cc1. The Morgan fingerprint density at radius 1 is 1.33 bits per heavy atom. The second-order valence-electron chi connectivity index (χ2n) is 6.11. The fraction of sp³-hybridized carbons (Fsp3) is 0.500. The number of amides is 1. The zero-order valence-electron chi connectivity index (χ0n) is 12.4. The molecule has 0 saturated heterocycles. The number of hydrogen-bond acceptors (Lipinski definition) is 3. The van der Waals surface area contributed by atoms with Crippen LogP contribution in [0.15, 0.2) is 24.3 Å². The van der Waals surface area contributed by atoms with Crippen LogP contribution in [0, 0.1) is 11.3 Å². The molecule has 21 heavy (non-hydrogen) atoms. The van der Waals surface area contributed by atoms with Gasteiger partial charge in [-0.15, -0.1) is 0 Å². The number of nitrogens with one attached hydrogen (secondary N) is 1. The monoisotopic (exact) mass is 291 g/mol. The second kappa shape index (κ2) is 6.16. The number of aliphatic carboxylic acids is 1. The molecule has 1 fully saturated rings. The van der Waals surface area contributed by atoms with E-state index in [1.165, 1.54) is 0 Å². The molecule has 0 spiro atoms. The lowest BCUT2D eigenvalue weighted by Gasteiger charge is -2.07. The third-order valence-corrected chi connectivity index (χ3v) is 3.83. The fourth-order valence-corrected chi connectivity index (χ4v) is 2.27. The molecule has 0 radical (unpaired) electrons. The minimum Gasteiger partial charge on any atom is -0.482 e. The van der Waals surface area contributed by atoms with Crippen LogP contribution >= 0.6 is 0 Å². The molecule has 114 valence electrons. The van der Waals surface area contributed by atoms with Crippen LogP contribution in [0.5, 0.6) is 5.75 Å². The largest absolute Gasteiger partial charge is 0.482 e. The highest BCUT2D eigenvalue weighted by atomic mass is 16.5. The van der Waals surface area contributed by atoms with Crippen LogP contribution in [0.2, 0.25) is 0 Å². The summed E-state index contributed by atoms with van der Waals surface area (Å²) >= 11 is 0. The van der Waals surface area contributed by atoms with Gasteiger partial charge in [-0.1, -0.05) is 26.0 Å². The predicted octanol–water partition coefficient (Wildman–Crippen LogP) is 1.85. The number of carboxylic acids is 1. The highest BCUT2D eigenvalue weighted by molar-refractivity contribution is 5.82. The van der Waals surface area contributed by atoms with Crippen molar-refractivity contribution in [3.63, 3.8) is 0 Å². The number of hydrogen-bond donors (Lipinski definition) is 2. The van der Waals surface area contributed by atoms with Gasteiger partial charge in [0.1, 0.15) is 5.75 Å². The van der Waals surface area contributed by atoms with Crippen LogP contribution in [0.25, 0.3) is 0 Å². The fourth-order valence-electron chi connectivity index (χ4n) is 2.27. The van der Waals surface area contributed by atoms with Crippen molar-refractivity contribution in [3.05, 3.63) is 29.8 Å². The third kappa shape index (κ3) is 4.48. The maximum absolute atomic E-state index is 11.8. The molecule has 5 nitrogen and oxygen atoms in total. The molecule has 1 aromatic carbocycles. The lowest BCUT2D eigenvalue weighted by Crippen LogP contribution is -2.28. The van der Waals surface area contributed by atoms with Crippen molar-refractivity contribution < 1.29 is 19.4 Å². The zero-order valence-corrected chi connectivity index (χ0v) is 12.4. The lowest BCUT2D eigenvalue weighted by atomic mass is 10.1. The summed E-state index contributed by atoms with van der Waals surface area (Å²) in [7, 11) is 0. The third-order valence-electron chi connectivity index (χ3n) is 3.83. The molecule has 1 unspecified atom stereocenters. The predicted molar refractivity (Wildman–Crippen MR) is 78.2 cm³/mol. The Morgan fingerprint density at radius 3 is 2.48 bits per heavy atom. The molecule has 1 amide bonds. The Bertz CT molecular complexity index is 522. The molecule has 1 atom stereocenters. The number of ether oxygens (including phenoxy) is 1. The van der Waals surface area contributed by atoms with Crippen molar-refractivity contribution in [2.75, 3.05) is 13.2 Å². The van der Waals surface area contributed by atoms with Crippen molar-refractivity contribution >= 4 is 11.9 Å². The minimum atomic E-state index is -0.996. The van der Waals surface area contributed by atoms with E-state index >= 15 is 0 Å². The summed E-state index contributed by atoms with van der Waals surface area (Å²) in [5.41, 5.74) is 1.24. The van der Waals surface area contributed by atoms with E-state index in [2.05, 4.69) is 19.2 Å². The highest BCUT2D eigenvalue weighted by Gasteiger charge is 2.50. The van der Waals surface area contributed by atoms with E-state index in [-0.39, 0.29) is 23.8 Å². The first-order valence-electron chi connectivity index (χ1n) is 7.10. The van der Waals surface area contributed by atoms with Gasteiger partial charge >= 0.3 is 5.97 Å². The van der Waals surface area contributed by atoms with E-state index in [9.17, 15) is 9.59 Å². The van der Waals surface area contributed by atoms with E-state index in [4.69, 9.17) is 9.84 Å². The Morgan fingerprint density at radius 2 is 1.95 bits per heavy atom. The van der Waals surface area contributed by atoms with Gasteiger partial charge in [0.2, 0.25) is 5.91 Å². The Hall–Kier alpha value is -2.04. The average Bonchev–Trinajstić information content (AvgIpc) is 3.07. The van der Waals surface area contributed by atoms with Gasteiger partial charge in [-0.05, 0) is 36.0 Å². The summed E-state index contributed by atoms with van der Waals surface area (Å²) in [6.07, 6.45) is 1.71. The number of carbonyl (C=O) groups is 2. The topological polar surface area (TPSA) is 75.6 Å². The lowest BCUT2D eigenvalue weighted by molar-refractivity contribution is -0.139. The quantitative estimate of drug-likeness (QED) is 0.804. The number of carboxylic acid groups (broad SMARTS) is 1. The molecule has 0 aliphatic heterocycles. The van der Waals surface area contributed by atoms with Gasteiger partial charge in [0.05, 0.1) is 0 Å². The summed E-state index contributed by atoms with van der Waals surface area (Å²) in [6, 6.07) is 7.24. The van der Waals surface area contributed by atoms with Crippen LogP contribution in [0.4, 0.5) is 0 Å². The van der Waals surface area contributed by atoms with Gasteiger partial charge in [0.15, 0.2) is 6.61 Å². The average molecular weight is 291 g/mol. The summed E-state index contributed by atoms with van der Waals surface area (Å²) in [5.74, 6) is -0.166. The summed E-state index contributed by atoms with van der Waals surface area (Å²) < 4.78 is 5.06. The first-order chi connectivity index (χ1) is 9.88. The van der Waals surface area contributed by atoms with E-state index < -0.39 is 5.97 Å². The normalized spacial score (nSPS) is 18.9. The second-order valence-corrected chi connectivity index (χ2v) is 6.11. The van der Waals surface area contributed by atoms with E-state index in [0.29, 0.717) is 12.3 Å². The van der Waals surface area contributed by atoms with Crippen molar-refractivity contribution in [2.24, 2.45) is 11.3 Å². The minimum absolute atomic E-state index is 0.140. The molecule has 1 saturated carbocycles. The maximum Gasteiger partial charge on any atom is 0.341 e. The van der Waals surface area contributed by atoms with Gasteiger partial charge in [-0.3, -0.25) is 4.79 Å². The van der Waals surface area contributed by atoms with Gasteiger partial charge in [-0.2, -0.15) is 0 Å². The summed E-state index contributed by atoms with van der Waals surface area (Å²) in [5, 5.41) is 11.5. The zero-order chi connectivity index (χ0) is 15.5. The number of carbonyl (C=O) groups excluding carboxylic acids is 1. The molecule has 0 bridgehead atoms.